The van der Waals surface area contributed by atoms with E-state index < -0.39 is 11.6 Å². The molecule has 0 saturated carbocycles. The van der Waals surface area contributed by atoms with Crippen molar-refractivity contribution in [1.29, 1.82) is 0 Å². The van der Waals surface area contributed by atoms with Gasteiger partial charge in [-0.1, -0.05) is 0 Å². The summed E-state index contributed by atoms with van der Waals surface area (Å²) in [6.07, 6.45) is 0.547. The van der Waals surface area contributed by atoms with Crippen molar-refractivity contribution >= 4 is 12.0 Å². The van der Waals surface area contributed by atoms with Crippen LogP contribution in [0.5, 0.6) is 0 Å². The first-order valence-electron chi connectivity index (χ1n) is 6.74. The van der Waals surface area contributed by atoms with Crippen LogP contribution >= 0.6 is 0 Å². The van der Waals surface area contributed by atoms with E-state index in [0.29, 0.717) is 13.1 Å². The first-order chi connectivity index (χ1) is 8.69. The third-order valence-electron chi connectivity index (χ3n) is 3.54. The molecule has 0 aliphatic carbocycles. The Balaban J connectivity index is 1.96. The third kappa shape index (κ3) is 2.83. The van der Waals surface area contributed by atoms with Gasteiger partial charge in [0, 0.05) is 13.1 Å². The average molecular weight is 269 g/mol. The maximum Gasteiger partial charge on any atom is 0.410 e. The Labute approximate surface area is 113 Å². The Kier molecular flexibility index (Phi) is 3.47. The quantitative estimate of drug-likeness (QED) is 0.754. The summed E-state index contributed by atoms with van der Waals surface area (Å²) in [5, 5.41) is 0. The monoisotopic (exact) mass is 269 g/mol. The number of nitrogens with two attached hydrogens (primary N) is 1. The van der Waals surface area contributed by atoms with E-state index in [1.54, 1.807) is 16.7 Å². The molecule has 0 aromatic heterocycles. The molecule has 2 heterocycles. The molecule has 2 fully saturated rings. The van der Waals surface area contributed by atoms with Crippen LogP contribution in [0.2, 0.25) is 0 Å². The van der Waals surface area contributed by atoms with Gasteiger partial charge < -0.3 is 20.3 Å². The van der Waals surface area contributed by atoms with Crippen molar-refractivity contribution in [2.75, 3.05) is 13.1 Å². The van der Waals surface area contributed by atoms with Crippen LogP contribution in [0, 0.1) is 0 Å². The topological polar surface area (TPSA) is 75.9 Å². The first kappa shape index (κ1) is 14.1. The second-order valence-corrected chi connectivity index (χ2v) is 6.46. The number of rotatable bonds is 1. The maximum atomic E-state index is 12.0. The molecule has 2 aliphatic heterocycles. The number of nitrogens with zero attached hydrogens (tertiary/aromatic N) is 2. The van der Waals surface area contributed by atoms with Gasteiger partial charge in [-0.05, 0) is 34.1 Å². The van der Waals surface area contributed by atoms with Gasteiger partial charge in [-0.2, -0.15) is 0 Å². The van der Waals surface area contributed by atoms with Crippen LogP contribution in [0.1, 0.15) is 34.1 Å². The molecule has 2 N–H and O–H groups in total. The number of amides is 2. The number of hydrogen-bond acceptors (Lipinski definition) is 4. The summed E-state index contributed by atoms with van der Waals surface area (Å²) in [5.41, 5.74) is 5.14. The third-order valence-corrected chi connectivity index (χ3v) is 3.54. The van der Waals surface area contributed by atoms with E-state index in [1.165, 1.54) is 0 Å². The number of piperazine rings is 1. The molecule has 6 nitrogen and oxygen atoms in total. The molecular formula is C13H23N3O3. The van der Waals surface area contributed by atoms with Crippen LogP contribution in [0.3, 0.4) is 0 Å². The highest BCUT2D eigenvalue weighted by Gasteiger charge is 2.48. The van der Waals surface area contributed by atoms with E-state index >= 15 is 0 Å². The summed E-state index contributed by atoms with van der Waals surface area (Å²) in [5.74, 6) is -0.0312. The Hall–Kier alpha value is -1.30. The molecule has 2 bridgehead atoms. The Morgan fingerprint density at radius 2 is 1.74 bits per heavy atom. The van der Waals surface area contributed by atoms with Gasteiger partial charge in [0.25, 0.3) is 0 Å². The fourth-order valence-corrected chi connectivity index (χ4v) is 2.74. The molecule has 19 heavy (non-hydrogen) atoms. The Bertz CT molecular complexity index is 389. The van der Waals surface area contributed by atoms with Gasteiger partial charge in [-0.3, -0.25) is 4.79 Å². The van der Waals surface area contributed by atoms with Crippen LogP contribution in [0.4, 0.5) is 4.79 Å². The molecule has 0 aromatic rings. The molecule has 0 radical (unpaired) electrons. The van der Waals surface area contributed by atoms with Crippen molar-refractivity contribution in [2.24, 2.45) is 5.73 Å². The lowest BCUT2D eigenvalue weighted by Crippen LogP contribution is -2.54. The summed E-state index contributed by atoms with van der Waals surface area (Å²) in [6, 6.07) is -0.312. The van der Waals surface area contributed by atoms with Crippen LogP contribution in [-0.2, 0) is 9.53 Å². The minimum absolute atomic E-state index is 0.0312. The molecule has 2 amide bonds. The summed E-state index contributed by atoms with van der Waals surface area (Å²) >= 11 is 0. The molecule has 108 valence electrons. The molecule has 0 spiro atoms. The van der Waals surface area contributed by atoms with E-state index in [-0.39, 0.29) is 24.1 Å². The van der Waals surface area contributed by atoms with E-state index in [0.717, 1.165) is 6.42 Å². The van der Waals surface area contributed by atoms with Crippen molar-refractivity contribution in [1.82, 2.24) is 9.80 Å². The highest BCUT2D eigenvalue weighted by molar-refractivity contribution is 5.82. The zero-order chi connectivity index (χ0) is 14.4. The molecular weight excluding hydrogens is 246 g/mol. The summed E-state index contributed by atoms with van der Waals surface area (Å²) in [7, 11) is 0. The van der Waals surface area contributed by atoms with Crippen molar-refractivity contribution in [2.45, 2.75) is 57.8 Å². The number of ether oxygens (including phenoxy) is 1. The van der Waals surface area contributed by atoms with Gasteiger partial charge in [0.05, 0.1) is 18.1 Å². The van der Waals surface area contributed by atoms with Crippen LogP contribution in [-0.4, -0.2) is 58.6 Å². The summed E-state index contributed by atoms with van der Waals surface area (Å²) in [4.78, 5) is 27.5. The van der Waals surface area contributed by atoms with Crippen molar-refractivity contribution in [3.05, 3.63) is 0 Å². The minimum Gasteiger partial charge on any atom is -0.444 e. The van der Waals surface area contributed by atoms with Crippen molar-refractivity contribution < 1.29 is 14.3 Å². The fraction of sp³-hybridized carbons (Fsp3) is 0.846. The van der Waals surface area contributed by atoms with Crippen LogP contribution < -0.4 is 5.73 Å². The van der Waals surface area contributed by atoms with Crippen LogP contribution in [0.25, 0.3) is 0 Å². The second-order valence-electron chi connectivity index (χ2n) is 6.46. The van der Waals surface area contributed by atoms with E-state index in [2.05, 4.69) is 0 Å². The molecule has 6 heteroatoms. The lowest BCUT2D eigenvalue weighted by Gasteiger charge is -2.35. The smallest absolute Gasteiger partial charge is 0.410 e. The Morgan fingerprint density at radius 3 is 2.16 bits per heavy atom. The fourth-order valence-electron chi connectivity index (χ4n) is 2.74. The van der Waals surface area contributed by atoms with Gasteiger partial charge >= 0.3 is 6.09 Å². The standard InChI is InChI=1S/C13H23N3O3/c1-8(14)11(17)15-6-10-5-9(15)7-16(10)12(18)19-13(2,3)4/h8-10H,5-7,14H2,1-4H3. The first-order valence-corrected chi connectivity index (χ1v) is 6.74. The van der Waals surface area contributed by atoms with Crippen LogP contribution in [0.15, 0.2) is 0 Å². The zero-order valence-electron chi connectivity index (χ0n) is 12.0. The largest absolute Gasteiger partial charge is 0.444 e. The number of carbonyl (C=O) groups is 2. The number of fused-ring (bicyclic) bond motifs is 2. The molecule has 2 saturated heterocycles. The van der Waals surface area contributed by atoms with E-state index in [9.17, 15) is 9.59 Å². The molecule has 3 atom stereocenters. The zero-order valence-corrected chi connectivity index (χ0v) is 12.0. The predicted molar refractivity (Wildman–Crippen MR) is 70.5 cm³/mol. The summed E-state index contributed by atoms with van der Waals surface area (Å²) in [6.45, 7) is 8.38. The van der Waals surface area contributed by atoms with Gasteiger partial charge in [0.2, 0.25) is 5.91 Å². The lowest BCUT2D eigenvalue weighted by atomic mass is 10.2. The number of carbonyl (C=O) groups excluding carboxylic acids is 2. The SMILES string of the molecule is CC(N)C(=O)N1CC2CC1CN2C(=O)OC(C)(C)C. The van der Waals surface area contributed by atoms with Crippen molar-refractivity contribution in [3.8, 4) is 0 Å². The molecule has 2 rings (SSSR count). The lowest BCUT2D eigenvalue weighted by molar-refractivity contribution is -0.134. The average Bonchev–Trinajstić information content (AvgIpc) is 2.84. The van der Waals surface area contributed by atoms with Gasteiger partial charge in [0.15, 0.2) is 0 Å². The number of hydrogen-bond donors (Lipinski definition) is 1. The molecule has 2 aliphatic rings. The molecule has 0 aromatic carbocycles. The summed E-state index contributed by atoms with van der Waals surface area (Å²) < 4.78 is 5.38. The predicted octanol–water partition coefficient (Wildman–Crippen LogP) is 0.554. The number of likely N-dealkylation sites (tertiary alicyclic amines) is 2. The maximum absolute atomic E-state index is 12.0. The second kappa shape index (κ2) is 4.67. The highest BCUT2D eigenvalue weighted by atomic mass is 16.6. The Morgan fingerprint density at radius 1 is 1.21 bits per heavy atom. The van der Waals surface area contributed by atoms with Gasteiger partial charge in [-0.15, -0.1) is 0 Å². The normalized spacial score (nSPS) is 27.6. The highest BCUT2D eigenvalue weighted by Crippen LogP contribution is 2.32. The van der Waals surface area contributed by atoms with Gasteiger partial charge in [-0.25, -0.2) is 4.79 Å². The van der Waals surface area contributed by atoms with Gasteiger partial charge in [0.1, 0.15) is 5.60 Å². The van der Waals surface area contributed by atoms with Crippen molar-refractivity contribution in [3.63, 3.8) is 0 Å². The van der Waals surface area contributed by atoms with E-state index in [1.807, 2.05) is 20.8 Å². The minimum atomic E-state index is -0.486. The molecule has 3 unspecified atom stereocenters. The van der Waals surface area contributed by atoms with E-state index in [4.69, 9.17) is 10.5 Å².